The van der Waals surface area contributed by atoms with Crippen LogP contribution in [0.4, 0.5) is 0 Å². The molecule has 0 radical (unpaired) electrons. The maximum Gasteiger partial charge on any atom is 0.228 e. The highest BCUT2D eigenvalue weighted by atomic mass is 32.1. The number of nitrogens with zero attached hydrogens (tertiary/aromatic N) is 3. The fraction of sp³-hybridized carbons (Fsp3) is 0.571. The molecule has 4 rings (SSSR count). The Morgan fingerprint density at radius 3 is 2.93 bits per heavy atom. The molecule has 2 aliphatic heterocycles. The SMILES string of the molecule is CCn1ccnc1CNC(=O)[C@@]1(CC)C[C@H]2CC[C@@H]1N2C(=O)Cc1cccs1. The zero-order chi connectivity index (χ0) is 19.7. The van der Waals surface area contributed by atoms with E-state index in [1.165, 1.54) is 0 Å². The second-order valence-electron chi connectivity index (χ2n) is 7.83. The van der Waals surface area contributed by atoms with Crippen molar-refractivity contribution in [2.45, 2.75) is 71.1 Å². The molecule has 7 heteroatoms. The predicted octanol–water partition coefficient (Wildman–Crippen LogP) is 2.98. The van der Waals surface area contributed by atoms with Gasteiger partial charge in [0.05, 0.1) is 18.4 Å². The Morgan fingerprint density at radius 2 is 2.21 bits per heavy atom. The summed E-state index contributed by atoms with van der Waals surface area (Å²) in [4.78, 5) is 33.8. The number of thiophene rings is 1. The van der Waals surface area contributed by atoms with Gasteiger partial charge in [0.1, 0.15) is 5.82 Å². The van der Waals surface area contributed by atoms with Gasteiger partial charge in [-0.25, -0.2) is 4.98 Å². The molecule has 6 nitrogen and oxygen atoms in total. The van der Waals surface area contributed by atoms with Crippen LogP contribution < -0.4 is 5.32 Å². The Morgan fingerprint density at radius 1 is 1.36 bits per heavy atom. The van der Waals surface area contributed by atoms with Crippen molar-refractivity contribution in [2.24, 2.45) is 5.41 Å². The monoisotopic (exact) mass is 400 g/mol. The first-order valence-electron chi connectivity index (χ1n) is 10.2. The normalized spacial score (nSPS) is 26.0. The van der Waals surface area contributed by atoms with Crippen LogP contribution in [0.5, 0.6) is 0 Å². The van der Waals surface area contributed by atoms with E-state index in [0.717, 1.165) is 42.9 Å². The van der Waals surface area contributed by atoms with Gasteiger partial charge in [0.2, 0.25) is 11.8 Å². The van der Waals surface area contributed by atoms with Gasteiger partial charge in [0, 0.05) is 35.9 Å². The van der Waals surface area contributed by atoms with E-state index in [4.69, 9.17) is 0 Å². The number of rotatable bonds is 7. The molecule has 0 spiro atoms. The Kier molecular flexibility index (Phi) is 5.27. The minimum Gasteiger partial charge on any atom is -0.348 e. The minimum atomic E-state index is -0.475. The number of hydrogen-bond acceptors (Lipinski definition) is 4. The highest BCUT2D eigenvalue weighted by Crippen LogP contribution is 2.52. The van der Waals surface area contributed by atoms with Crippen LogP contribution in [0.15, 0.2) is 29.9 Å². The van der Waals surface area contributed by atoms with E-state index in [9.17, 15) is 9.59 Å². The minimum absolute atomic E-state index is 0.0147. The van der Waals surface area contributed by atoms with Crippen molar-refractivity contribution in [1.82, 2.24) is 19.8 Å². The van der Waals surface area contributed by atoms with Crippen molar-refractivity contribution in [2.75, 3.05) is 0 Å². The summed E-state index contributed by atoms with van der Waals surface area (Å²) in [6, 6.07) is 4.20. The van der Waals surface area contributed by atoms with E-state index in [1.807, 2.05) is 33.2 Å². The maximum atomic E-state index is 13.3. The lowest BCUT2D eigenvalue weighted by Gasteiger charge is -2.35. The first kappa shape index (κ1) is 19.2. The van der Waals surface area contributed by atoms with Crippen LogP contribution in [0, 0.1) is 5.41 Å². The average Bonchev–Trinajstić information content (AvgIpc) is 3.48. The Labute approximate surface area is 169 Å². The number of carbonyl (C=O) groups is 2. The molecule has 2 aliphatic rings. The third kappa shape index (κ3) is 3.15. The smallest absolute Gasteiger partial charge is 0.228 e. The molecule has 4 heterocycles. The van der Waals surface area contributed by atoms with Crippen LogP contribution in [0.2, 0.25) is 0 Å². The van der Waals surface area contributed by atoms with Crippen molar-refractivity contribution < 1.29 is 9.59 Å². The number of aromatic nitrogens is 2. The lowest BCUT2D eigenvalue weighted by Crippen LogP contribution is -2.49. The summed E-state index contributed by atoms with van der Waals surface area (Å²) in [7, 11) is 0. The van der Waals surface area contributed by atoms with Gasteiger partial charge < -0.3 is 14.8 Å². The van der Waals surface area contributed by atoms with Gasteiger partial charge in [-0.05, 0) is 44.1 Å². The molecular formula is C21H28N4O2S. The average molecular weight is 401 g/mol. The predicted molar refractivity (Wildman–Crippen MR) is 109 cm³/mol. The number of imidazole rings is 1. The number of aryl methyl sites for hydroxylation is 1. The molecule has 1 N–H and O–H groups in total. The molecule has 2 fully saturated rings. The van der Waals surface area contributed by atoms with Gasteiger partial charge >= 0.3 is 0 Å². The fourth-order valence-corrected chi connectivity index (χ4v) is 5.82. The number of amides is 2. The van der Waals surface area contributed by atoms with Crippen LogP contribution in [-0.4, -0.2) is 38.3 Å². The fourth-order valence-electron chi connectivity index (χ4n) is 5.13. The molecule has 28 heavy (non-hydrogen) atoms. The van der Waals surface area contributed by atoms with Gasteiger partial charge in [-0.15, -0.1) is 11.3 Å². The molecular weight excluding hydrogens is 372 g/mol. The standard InChI is InChI=1S/C21H28N4O2S/c1-3-21(20(27)23-14-18-22-9-10-24(18)4-2)13-15-7-8-17(21)25(15)19(26)12-16-6-5-11-28-16/h5-6,9-11,15,17H,3-4,7-8,12-14H2,1-2H3,(H,23,27)/t15-,17+,21+/m1/s1. The van der Waals surface area contributed by atoms with Gasteiger partial charge in [-0.3, -0.25) is 9.59 Å². The zero-order valence-electron chi connectivity index (χ0n) is 16.6. The molecule has 0 saturated carbocycles. The van der Waals surface area contributed by atoms with Gasteiger partial charge in [-0.2, -0.15) is 0 Å². The Bertz CT molecular complexity index is 846. The van der Waals surface area contributed by atoms with Crippen molar-refractivity contribution in [3.8, 4) is 0 Å². The largest absolute Gasteiger partial charge is 0.348 e. The van der Waals surface area contributed by atoms with Crippen LogP contribution >= 0.6 is 11.3 Å². The van der Waals surface area contributed by atoms with Gasteiger partial charge in [0.15, 0.2) is 0 Å². The highest BCUT2D eigenvalue weighted by molar-refractivity contribution is 7.10. The van der Waals surface area contributed by atoms with Gasteiger partial charge in [0.25, 0.3) is 0 Å². The lowest BCUT2D eigenvalue weighted by molar-refractivity contribution is -0.136. The third-order valence-corrected chi connectivity index (χ3v) is 7.44. The molecule has 0 unspecified atom stereocenters. The molecule has 150 valence electrons. The Balaban J connectivity index is 1.48. The van der Waals surface area contributed by atoms with E-state index in [-0.39, 0.29) is 23.9 Å². The zero-order valence-corrected chi connectivity index (χ0v) is 17.4. The number of carbonyl (C=O) groups excluding carboxylic acids is 2. The lowest BCUT2D eigenvalue weighted by atomic mass is 9.71. The van der Waals surface area contributed by atoms with Crippen LogP contribution in [0.3, 0.4) is 0 Å². The van der Waals surface area contributed by atoms with Gasteiger partial charge in [-0.1, -0.05) is 13.0 Å². The summed E-state index contributed by atoms with van der Waals surface area (Å²) in [5.74, 6) is 1.11. The first-order valence-corrected chi connectivity index (χ1v) is 11.1. The third-order valence-electron chi connectivity index (χ3n) is 6.57. The first-order chi connectivity index (χ1) is 13.6. The number of fused-ring (bicyclic) bond motifs is 2. The summed E-state index contributed by atoms with van der Waals surface area (Å²) in [5, 5.41) is 5.13. The van der Waals surface area contributed by atoms with Crippen molar-refractivity contribution >= 4 is 23.2 Å². The maximum absolute atomic E-state index is 13.3. The van der Waals surface area contributed by atoms with E-state index in [0.29, 0.717) is 13.0 Å². The van der Waals surface area contributed by atoms with Crippen LogP contribution in [0.25, 0.3) is 0 Å². The van der Waals surface area contributed by atoms with E-state index >= 15 is 0 Å². The Hall–Kier alpha value is -2.15. The van der Waals surface area contributed by atoms with E-state index in [2.05, 4.69) is 24.1 Å². The molecule has 3 atom stereocenters. The summed E-state index contributed by atoms with van der Waals surface area (Å²) in [5.41, 5.74) is -0.475. The number of hydrogen-bond donors (Lipinski definition) is 1. The quantitative estimate of drug-likeness (QED) is 0.777. The molecule has 0 aromatic carbocycles. The molecule has 2 bridgehead atoms. The second kappa shape index (κ2) is 7.70. The summed E-state index contributed by atoms with van der Waals surface area (Å²) >= 11 is 1.62. The van der Waals surface area contributed by atoms with Crippen molar-refractivity contribution in [3.63, 3.8) is 0 Å². The van der Waals surface area contributed by atoms with Crippen LogP contribution in [-0.2, 0) is 29.1 Å². The van der Waals surface area contributed by atoms with E-state index < -0.39 is 5.41 Å². The molecule has 2 amide bonds. The van der Waals surface area contributed by atoms with Crippen molar-refractivity contribution in [3.05, 3.63) is 40.6 Å². The van der Waals surface area contributed by atoms with Crippen LogP contribution in [0.1, 0.15) is 50.2 Å². The molecule has 2 saturated heterocycles. The molecule has 0 aliphatic carbocycles. The topological polar surface area (TPSA) is 67.2 Å². The second-order valence-corrected chi connectivity index (χ2v) is 8.86. The van der Waals surface area contributed by atoms with E-state index in [1.54, 1.807) is 17.5 Å². The highest BCUT2D eigenvalue weighted by Gasteiger charge is 2.59. The number of nitrogens with one attached hydrogen (secondary N) is 1. The summed E-state index contributed by atoms with van der Waals surface area (Å²) in [6.07, 6.45) is 7.61. The van der Waals surface area contributed by atoms with Crippen molar-refractivity contribution in [1.29, 1.82) is 0 Å². The summed E-state index contributed by atoms with van der Waals surface area (Å²) in [6.45, 7) is 5.41. The molecule has 2 aromatic heterocycles. The molecule has 2 aromatic rings. The summed E-state index contributed by atoms with van der Waals surface area (Å²) < 4.78 is 2.04.